The number of ether oxygens (including phenoxy) is 1. The average Bonchev–Trinajstić information content (AvgIpc) is 3.13. The van der Waals surface area contributed by atoms with Gasteiger partial charge in [-0.25, -0.2) is 4.98 Å². The highest BCUT2D eigenvalue weighted by Gasteiger charge is 2.12. The number of methoxy groups -OCH3 is 1. The van der Waals surface area contributed by atoms with E-state index in [1.54, 1.807) is 12.1 Å². The van der Waals surface area contributed by atoms with Crippen molar-refractivity contribution in [2.75, 3.05) is 13.7 Å². The molecule has 0 aliphatic heterocycles. The minimum atomic E-state index is -0.325. The molecule has 0 saturated carbocycles. The summed E-state index contributed by atoms with van der Waals surface area (Å²) in [6.45, 7) is 0.201. The first-order valence-corrected chi connectivity index (χ1v) is 9.76. The molecule has 1 amide bonds. The number of carbonyl (C=O) groups excluding carboxylic acids is 2. The van der Waals surface area contributed by atoms with Gasteiger partial charge in [0.05, 0.1) is 19.0 Å². The second-order valence-corrected chi connectivity index (χ2v) is 7.53. The third kappa shape index (κ3) is 4.76. The minimum absolute atomic E-state index is 0.131. The fraction of sp³-hybridized carbons (Fsp3) is 0.263. The van der Waals surface area contributed by atoms with Crippen LogP contribution in [0.5, 0.6) is 0 Å². The molecule has 1 aromatic carbocycles. The van der Waals surface area contributed by atoms with Crippen molar-refractivity contribution in [3.05, 3.63) is 52.0 Å². The number of hydrogen-bond donors (Lipinski definition) is 1. The van der Waals surface area contributed by atoms with E-state index < -0.39 is 0 Å². The molecule has 3 rings (SSSR count). The third-order valence-corrected chi connectivity index (χ3v) is 5.47. The van der Waals surface area contributed by atoms with Crippen LogP contribution in [-0.4, -0.2) is 35.1 Å². The van der Waals surface area contributed by atoms with Gasteiger partial charge in [-0.1, -0.05) is 23.7 Å². The van der Waals surface area contributed by atoms with Crippen molar-refractivity contribution in [2.45, 2.75) is 19.4 Å². The fourth-order valence-corrected chi connectivity index (χ4v) is 3.78. The van der Waals surface area contributed by atoms with Crippen LogP contribution in [-0.2, 0) is 20.9 Å². The van der Waals surface area contributed by atoms with Gasteiger partial charge in [0.25, 0.3) is 5.56 Å². The first-order valence-electron chi connectivity index (χ1n) is 8.56. The monoisotopic (exact) mass is 419 g/mol. The third-order valence-electron chi connectivity index (χ3n) is 4.05. The van der Waals surface area contributed by atoms with E-state index in [4.69, 9.17) is 11.6 Å². The summed E-state index contributed by atoms with van der Waals surface area (Å²) in [6, 6.07) is 9.19. The molecule has 0 unspecified atom stereocenters. The summed E-state index contributed by atoms with van der Waals surface area (Å²) in [4.78, 5) is 41.0. The lowest BCUT2D eigenvalue weighted by Crippen LogP contribution is -2.32. The summed E-state index contributed by atoms with van der Waals surface area (Å²) in [5.74, 6) is -0.642. The van der Waals surface area contributed by atoms with Gasteiger partial charge in [0.15, 0.2) is 0 Å². The zero-order chi connectivity index (χ0) is 20.1. The van der Waals surface area contributed by atoms with Crippen LogP contribution >= 0.6 is 22.9 Å². The Kier molecular flexibility index (Phi) is 6.43. The number of amides is 1. The Balaban J connectivity index is 1.70. The highest BCUT2D eigenvalue weighted by Crippen LogP contribution is 2.31. The van der Waals surface area contributed by atoms with Crippen LogP contribution in [0.3, 0.4) is 0 Å². The maximum Gasteiger partial charge on any atom is 0.305 e. The SMILES string of the molecule is COC(=O)CCCNC(=O)Cn1cnc2cc(-c3ccc(Cl)cc3)sc2c1=O. The van der Waals surface area contributed by atoms with E-state index in [2.05, 4.69) is 15.0 Å². The largest absolute Gasteiger partial charge is 0.469 e. The first kappa shape index (κ1) is 20.0. The Morgan fingerprint density at radius 2 is 2.04 bits per heavy atom. The molecule has 0 aliphatic rings. The number of hydrogen-bond acceptors (Lipinski definition) is 6. The van der Waals surface area contributed by atoms with Crippen molar-refractivity contribution in [3.63, 3.8) is 0 Å². The molecule has 0 radical (unpaired) electrons. The quantitative estimate of drug-likeness (QED) is 0.469. The Labute approximate surface area is 169 Å². The zero-order valence-electron chi connectivity index (χ0n) is 15.1. The summed E-state index contributed by atoms with van der Waals surface area (Å²) < 4.78 is 6.31. The number of thiophene rings is 1. The van der Waals surface area contributed by atoms with Crippen LogP contribution in [0.4, 0.5) is 0 Å². The van der Waals surface area contributed by atoms with Gasteiger partial charge in [0.2, 0.25) is 5.91 Å². The molecule has 7 nitrogen and oxygen atoms in total. The van der Waals surface area contributed by atoms with E-state index in [0.29, 0.717) is 28.2 Å². The van der Waals surface area contributed by atoms with Crippen LogP contribution in [0.15, 0.2) is 41.5 Å². The lowest BCUT2D eigenvalue weighted by Gasteiger charge is -2.06. The molecule has 0 spiro atoms. The lowest BCUT2D eigenvalue weighted by atomic mass is 10.2. The van der Waals surface area contributed by atoms with E-state index in [1.165, 1.54) is 29.3 Å². The standard InChI is InChI=1S/C19H18ClN3O4S/c1-27-17(25)3-2-8-21-16(24)10-23-11-22-14-9-15(28-18(14)19(23)26)12-4-6-13(20)7-5-12/h4-7,9,11H,2-3,8,10H2,1H3,(H,21,24). The van der Waals surface area contributed by atoms with Crippen molar-refractivity contribution in [1.82, 2.24) is 14.9 Å². The van der Waals surface area contributed by atoms with Gasteiger partial charge in [0.1, 0.15) is 11.2 Å². The Morgan fingerprint density at radius 1 is 1.29 bits per heavy atom. The number of nitrogens with zero attached hydrogens (tertiary/aromatic N) is 2. The molecule has 0 fully saturated rings. The second-order valence-electron chi connectivity index (χ2n) is 6.04. The Bertz CT molecular complexity index is 1060. The van der Waals surface area contributed by atoms with Crippen LogP contribution < -0.4 is 10.9 Å². The zero-order valence-corrected chi connectivity index (χ0v) is 16.7. The van der Waals surface area contributed by atoms with Crippen molar-refractivity contribution in [3.8, 4) is 10.4 Å². The van der Waals surface area contributed by atoms with Crippen LogP contribution in [0.25, 0.3) is 20.7 Å². The number of carbonyl (C=O) groups is 2. The van der Waals surface area contributed by atoms with Gasteiger partial charge >= 0.3 is 5.97 Å². The summed E-state index contributed by atoms with van der Waals surface area (Å²) in [5.41, 5.74) is 1.27. The van der Waals surface area contributed by atoms with Crippen molar-refractivity contribution in [1.29, 1.82) is 0 Å². The smallest absolute Gasteiger partial charge is 0.305 e. The number of halogens is 1. The first-order chi connectivity index (χ1) is 13.5. The Hall–Kier alpha value is -2.71. The highest BCUT2D eigenvalue weighted by molar-refractivity contribution is 7.22. The Morgan fingerprint density at radius 3 is 2.75 bits per heavy atom. The molecule has 9 heteroatoms. The lowest BCUT2D eigenvalue weighted by molar-refractivity contribution is -0.140. The number of benzene rings is 1. The number of fused-ring (bicyclic) bond motifs is 1. The predicted octanol–water partition coefficient (Wildman–Crippen LogP) is 2.85. The summed E-state index contributed by atoms with van der Waals surface area (Å²) in [6.07, 6.45) is 2.07. The molecule has 0 aliphatic carbocycles. The summed E-state index contributed by atoms with van der Waals surface area (Å²) >= 11 is 7.25. The molecule has 2 heterocycles. The number of nitrogens with one attached hydrogen (secondary N) is 1. The van der Waals surface area contributed by atoms with Crippen LogP contribution in [0.1, 0.15) is 12.8 Å². The highest BCUT2D eigenvalue weighted by atomic mass is 35.5. The molecule has 3 aromatic rings. The molecule has 146 valence electrons. The van der Waals surface area contributed by atoms with E-state index >= 15 is 0 Å². The second kappa shape index (κ2) is 8.99. The van der Waals surface area contributed by atoms with E-state index in [1.807, 2.05) is 18.2 Å². The predicted molar refractivity (Wildman–Crippen MR) is 109 cm³/mol. The molecular formula is C19H18ClN3O4S. The van der Waals surface area contributed by atoms with Gasteiger partial charge in [-0.3, -0.25) is 19.0 Å². The van der Waals surface area contributed by atoms with Gasteiger partial charge < -0.3 is 10.1 Å². The van der Waals surface area contributed by atoms with Crippen molar-refractivity contribution >= 4 is 45.0 Å². The minimum Gasteiger partial charge on any atom is -0.469 e. The van der Waals surface area contributed by atoms with Crippen LogP contribution in [0, 0.1) is 0 Å². The van der Waals surface area contributed by atoms with Crippen LogP contribution in [0.2, 0.25) is 5.02 Å². The normalized spacial score (nSPS) is 10.8. The maximum atomic E-state index is 12.7. The molecular weight excluding hydrogens is 402 g/mol. The number of esters is 1. The fourth-order valence-electron chi connectivity index (χ4n) is 2.59. The molecule has 0 bridgehead atoms. The van der Waals surface area contributed by atoms with Gasteiger partial charge in [-0.05, 0) is 30.2 Å². The van der Waals surface area contributed by atoms with E-state index in [0.717, 1.165) is 10.4 Å². The van der Waals surface area contributed by atoms with E-state index in [-0.39, 0.29) is 30.4 Å². The number of aromatic nitrogens is 2. The number of rotatable bonds is 7. The van der Waals surface area contributed by atoms with Crippen molar-refractivity contribution < 1.29 is 14.3 Å². The van der Waals surface area contributed by atoms with E-state index in [9.17, 15) is 14.4 Å². The molecule has 0 saturated heterocycles. The summed E-state index contributed by atoms with van der Waals surface area (Å²) in [5, 5.41) is 3.32. The molecule has 2 aromatic heterocycles. The van der Waals surface area contributed by atoms with Gasteiger partial charge in [-0.15, -0.1) is 11.3 Å². The maximum absolute atomic E-state index is 12.7. The molecule has 0 atom stereocenters. The van der Waals surface area contributed by atoms with Gasteiger partial charge in [-0.2, -0.15) is 0 Å². The topological polar surface area (TPSA) is 90.3 Å². The average molecular weight is 420 g/mol. The molecule has 1 N–H and O–H groups in total. The summed E-state index contributed by atoms with van der Waals surface area (Å²) in [7, 11) is 1.32. The molecule has 28 heavy (non-hydrogen) atoms. The van der Waals surface area contributed by atoms with Gasteiger partial charge in [0, 0.05) is 22.9 Å². The van der Waals surface area contributed by atoms with Crippen molar-refractivity contribution in [2.24, 2.45) is 0 Å².